The SMILES string of the molecule is CC(C(=O)Nc1ccccc1)N1CCN(S(=O)(=O)c2cccc(C(F)(F)F)c2)CC1. The van der Waals surface area contributed by atoms with Gasteiger partial charge in [0.1, 0.15) is 0 Å². The van der Waals surface area contributed by atoms with Crippen molar-refractivity contribution in [2.24, 2.45) is 0 Å². The number of sulfonamides is 1. The lowest BCUT2D eigenvalue weighted by atomic mass is 10.2. The summed E-state index contributed by atoms with van der Waals surface area (Å²) in [7, 11) is -4.06. The van der Waals surface area contributed by atoms with Crippen molar-refractivity contribution in [2.75, 3.05) is 31.5 Å². The predicted octanol–water partition coefficient (Wildman–Crippen LogP) is 3.04. The van der Waals surface area contributed by atoms with Gasteiger partial charge in [-0.3, -0.25) is 9.69 Å². The number of nitrogens with zero attached hydrogens (tertiary/aromatic N) is 2. The zero-order valence-corrected chi connectivity index (χ0v) is 17.1. The number of nitrogens with one attached hydrogen (secondary N) is 1. The van der Waals surface area contributed by atoms with Gasteiger partial charge in [0.25, 0.3) is 0 Å². The molecule has 10 heteroatoms. The number of carbonyl (C=O) groups excluding carboxylic acids is 1. The zero-order chi connectivity index (χ0) is 21.9. The maximum Gasteiger partial charge on any atom is 0.416 e. The van der Waals surface area contributed by atoms with E-state index in [4.69, 9.17) is 0 Å². The minimum Gasteiger partial charge on any atom is -0.325 e. The zero-order valence-electron chi connectivity index (χ0n) is 16.3. The molecule has 6 nitrogen and oxygen atoms in total. The number of benzene rings is 2. The number of piperazine rings is 1. The molecule has 0 aromatic heterocycles. The molecular weight excluding hydrogens is 419 g/mol. The Balaban J connectivity index is 1.64. The lowest BCUT2D eigenvalue weighted by molar-refractivity contribution is -0.137. The van der Waals surface area contributed by atoms with Crippen molar-refractivity contribution in [1.29, 1.82) is 0 Å². The van der Waals surface area contributed by atoms with Gasteiger partial charge in [0, 0.05) is 31.9 Å². The quantitative estimate of drug-likeness (QED) is 0.775. The molecule has 3 rings (SSSR count). The molecule has 1 unspecified atom stereocenters. The monoisotopic (exact) mass is 441 g/mol. The van der Waals surface area contributed by atoms with Crippen LogP contribution in [0.5, 0.6) is 0 Å². The molecule has 1 aliphatic heterocycles. The summed E-state index contributed by atoms with van der Waals surface area (Å²) >= 11 is 0. The number of para-hydroxylation sites is 1. The number of alkyl halides is 3. The van der Waals surface area contributed by atoms with E-state index in [1.54, 1.807) is 31.2 Å². The second-order valence-corrected chi connectivity index (χ2v) is 8.93. The highest BCUT2D eigenvalue weighted by molar-refractivity contribution is 7.89. The third-order valence-electron chi connectivity index (χ3n) is 5.04. The summed E-state index contributed by atoms with van der Waals surface area (Å²) in [4.78, 5) is 13.9. The van der Waals surface area contributed by atoms with Crippen LogP contribution in [0.1, 0.15) is 12.5 Å². The summed E-state index contributed by atoms with van der Waals surface area (Å²) in [5, 5.41) is 2.81. The first kappa shape index (κ1) is 22.3. The Labute approximate surface area is 173 Å². The van der Waals surface area contributed by atoms with E-state index in [1.165, 1.54) is 0 Å². The van der Waals surface area contributed by atoms with Crippen molar-refractivity contribution in [3.8, 4) is 0 Å². The van der Waals surface area contributed by atoms with Crippen LogP contribution in [-0.2, 0) is 21.0 Å². The van der Waals surface area contributed by atoms with Crippen LogP contribution < -0.4 is 5.32 Å². The normalized spacial score (nSPS) is 17.5. The first-order valence-electron chi connectivity index (χ1n) is 9.36. The fourth-order valence-electron chi connectivity index (χ4n) is 3.25. The number of hydrogen-bond acceptors (Lipinski definition) is 4. The first-order chi connectivity index (χ1) is 14.1. The molecule has 1 atom stereocenters. The predicted molar refractivity (Wildman–Crippen MR) is 106 cm³/mol. The minimum absolute atomic E-state index is 0.0849. The first-order valence-corrected chi connectivity index (χ1v) is 10.8. The van der Waals surface area contributed by atoms with E-state index >= 15 is 0 Å². The highest BCUT2D eigenvalue weighted by Crippen LogP contribution is 2.31. The third-order valence-corrected chi connectivity index (χ3v) is 6.94. The van der Waals surface area contributed by atoms with Gasteiger partial charge in [-0.05, 0) is 37.3 Å². The van der Waals surface area contributed by atoms with Gasteiger partial charge in [0.05, 0.1) is 16.5 Å². The molecular formula is C20H22F3N3O3S. The largest absolute Gasteiger partial charge is 0.416 e. The van der Waals surface area contributed by atoms with E-state index in [0.717, 1.165) is 22.5 Å². The topological polar surface area (TPSA) is 69.7 Å². The summed E-state index contributed by atoms with van der Waals surface area (Å²) < 4.78 is 65.5. The molecule has 1 aliphatic rings. The molecule has 1 amide bonds. The van der Waals surface area contributed by atoms with Crippen LogP contribution in [0.4, 0.5) is 18.9 Å². The van der Waals surface area contributed by atoms with Crippen LogP contribution >= 0.6 is 0 Å². The summed E-state index contributed by atoms with van der Waals surface area (Å²) in [5.41, 5.74) is -0.339. The molecule has 1 heterocycles. The van der Waals surface area contributed by atoms with E-state index in [9.17, 15) is 26.4 Å². The Morgan fingerprint density at radius 3 is 2.23 bits per heavy atom. The van der Waals surface area contributed by atoms with Crippen molar-refractivity contribution in [2.45, 2.75) is 24.0 Å². The van der Waals surface area contributed by atoms with Crippen LogP contribution in [0.3, 0.4) is 0 Å². The summed E-state index contributed by atoms with van der Waals surface area (Å²) in [6.45, 7) is 2.49. The lowest BCUT2D eigenvalue weighted by Crippen LogP contribution is -2.53. The molecule has 162 valence electrons. The van der Waals surface area contributed by atoms with Gasteiger partial charge in [0.15, 0.2) is 0 Å². The molecule has 2 aromatic rings. The molecule has 0 bridgehead atoms. The van der Waals surface area contributed by atoms with Gasteiger partial charge in [-0.25, -0.2) is 8.42 Å². The maximum absolute atomic E-state index is 12.9. The number of anilines is 1. The molecule has 1 fully saturated rings. The number of hydrogen-bond donors (Lipinski definition) is 1. The Morgan fingerprint density at radius 1 is 1.00 bits per heavy atom. The van der Waals surface area contributed by atoms with Gasteiger partial charge in [-0.1, -0.05) is 24.3 Å². The Bertz CT molecular complexity index is 989. The second-order valence-electron chi connectivity index (χ2n) is 7.00. The smallest absolute Gasteiger partial charge is 0.325 e. The van der Waals surface area contributed by atoms with Crippen molar-refractivity contribution >= 4 is 21.6 Å². The van der Waals surface area contributed by atoms with Gasteiger partial charge in [0.2, 0.25) is 15.9 Å². The highest BCUT2D eigenvalue weighted by Gasteiger charge is 2.35. The lowest BCUT2D eigenvalue weighted by Gasteiger charge is -2.36. The van der Waals surface area contributed by atoms with E-state index in [2.05, 4.69) is 5.32 Å². The number of amides is 1. The van der Waals surface area contributed by atoms with Crippen molar-refractivity contribution < 1.29 is 26.4 Å². The van der Waals surface area contributed by atoms with Crippen molar-refractivity contribution in [3.05, 3.63) is 60.2 Å². The summed E-state index contributed by atoms with van der Waals surface area (Å²) in [6, 6.07) is 12.2. The van der Waals surface area contributed by atoms with Gasteiger partial charge in [-0.2, -0.15) is 17.5 Å². The summed E-state index contributed by atoms with van der Waals surface area (Å²) in [5.74, 6) is -0.213. The standard InChI is InChI=1S/C20H22F3N3O3S/c1-15(19(27)24-17-7-3-2-4-8-17)25-10-12-26(13-11-25)30(28,29)18-9-5-6-16(14-18)20(21,22)23/h2-9,14-15H,10-13H2,1H3,(H,24,27). The van der Waals surface area contributed by atoms with Crippen molar-refractivity contribution in [3.63, 3.8) is 0 Å². The molecule has 0 aliphatic carbocycles. The molecule has 30 heavy (non-hydrogen) atoms. The average molecular weight is 441 g/mol. The summed E-state index contributed by atoms with van der Waals surface area (Å²) in [6.07, 6.45) is -4.62. The fourth-order valence-corrected chi connectivity index (χ4v) is 4.72. The fraction of sp³-hybridized carbons (Fsp3) is 0.350. The molecule has 0 saturated carbocycles. The van der Waals surface area contributed by atoms with Crippen LogP contribution in [0.15, 0.2) is 59.5 Å². The molecule has 1 N–H and O–H groups in total. The second kappa shape index (κ2) is 8.75. The molecule has 1 saturated heterocycles. The van der Waals surface area contributed by atoms with Crippen LogP contribution in [0, 0.1) is 0 Å². The average Bonchev–Trinajstić information content (AvgIpc) is 2.73. The Hall–Kier alpha value is -2.43. The maximum atomic E-state index is 12.9. The van der Waals surface area contributed by atoms with Crippen molar-refractivity contribution in [1.82, 2.24) is 9.21 Å². The highest BCUT2D eigenvalue weighted by atomic mass is 32.2. The third kappa shape index (κ3) is 5.00. The number of halogens is 3. The van der Waals surface area contributed by atoms with E-state index in [-0.39, 0.29) is 23.9 Å². The molecule has 2 aromatic carbocycles. The van der Waals surface area contributed by atoms with Crippen LogP contribution in [0.25, 0.3) is 0 Å². The number of rotatable bonds is 5. The van der Waals surface area contributed by atoms with Gasteiger partial charge in [-0.15, -0.1) is 0 Å². The number of carbonyl (C=O) groups is 1. The van der Waals surface area contributed by atoms with Crippen LogP contribution in [0.2, 0.25) is 0 Å². The van der Waals surface area contributed by atoms with Gasteiger partial charge >= 0.3 is 6.18 Å². The van der Waals surface area contributed by atoms with E-state index in [1.807, 2.05) is 11.0 Å². The van der Waals surface area contributed by atoms with Crippen LogP contribution in [-0.4, -0.2) is 55.8 Å². The minimum atomic E-state index is -4.62. The Morgan fingerprint density at radius 2 is 1.63 bits per heavy atom. The Kier molecular flexibility index (Phi) is 6.49. The molecule has 0 radical (unpaired) electrons. The van der Waals surface area contributed by atoms with Gasteiger partial charge < -0.3 is 5.32 Å². The van der Waals surface area contributed by atoms with E-state index in [0.29, 0.717) is 24.8 Å². The molecule has 0 spiro atoms. The van der Waals surface area contributed by atoms with E-state index < -0.39 is 27.8 Å².